The average molecular weight is 414 g/mol. The van der Waals surface area contributed by atoms with Gasteiger partial charge in [-0.1, -0.05) is 24.3 Å². The molecule has 1 atom stereocenters. The number of aliphatic carboxylic acids is 1. The highest BCUT2D eigenvalue weighted by atomic mass is 19.1. The number of carboxylic acid groups (broad SMARTS) is 1. The maximum absolute atomic E-state index is 14.1. The Bertz CT molecular complexity index is 972. The lowest BCUT2D eigenvalue weighted by Gasteiger charge is -2.40. The molecule has 0 saturated carbocycles. The topological polar surface area (TPSA) is 92.9 Å². The minimum atomic E-state index is -1.04. The number of non-ortho nitro benzene ring substituents is 1. The van der Waals surface area contributed by atoms with Gasteiger partial charge in [0, 0.05) is 31.8 Å². The van der Waals surface area contributed by atoms with Crippen molar-refractivity contribution in [3.8, 4) is 0 Å². The summed E-state index contributed by atoms with van der Waals surface area (Å²) in [6.07, 6.45) is 1.44. The molecule has 1 N–H and O–H groups in total. The van der Waals surface area contributed by atoms with Crippen molar-refractivity contribution in [2.75, 3.05) is 19.6 Å². The summed E-state index contributed by atoms with van der Waals surface area (Å²) >= 11 is 0. The molecule has 0 aromatic heterocycles. The van der Waals surface area contributed by atoms with Crippen LogP contribution in [-0.2, 0) is 28.2 Å². The Hall–Kier alpha value is -2.84. The van der Waals surface area contributed by atoms with Crippen LogP contribution in [0.25, 0.3) is 0 Å². The van der Waals surface area contributed by atoms with E-state index in [4.69, 9.17) is 4.74 Å². The van der Waals surface area contributed by atoms with Gasteiger partial charge in [0.1, 0.15) is 5.82 Å². The molecule has 8 heteroatoms. The maximum Gasteiger partial charge on any atom is 0.308 e. The summed E-state index contributed by atoms with van der Waals surface area (Å²) in [5.74, 6) is -2.52. The van der Waals surface area contributed by atoms with Crippen LogP contribution in [0.2, 0.25) is 0 Å². The Morgan fingerprint density at radius 3 is 2.70 bits per heavy atom. The number of nitrogens with zero attached hydrogens (tertiary/aromatic N) is 2. The summed E-state index contributed by atoms with van der Waals surface area (Å²) < 4.78 is 20.3. The molecule has 0 aliphatic carbocycles. The summed E-state index contributed by atoms with van der Waals surface area (Å²) in [6, 6.07) is 11.4. The lowest BCUT2D eigenvalue weighted by Crippen LogP contribution is -2.45. The van der Waals surface area contributed by atoms with Crippen molar-refractivity contribution in [2.45, 2.75) is 31.5 Å². The number of fused-ring (bicyclic) bond motifs is 2. The van der Waals surface area contributed by atoms with E-state index in [0.717, 1.165) is 31.0 Å². The van der Waals surface area contributed by atoms with Crippen molar-refractivity contribution in [1.29, 1.82) is 0 Å². The van der Waals surface area contributed by atoms with Crippen LogP contribution in [-0.4, -0.2) is 40.5 Å². The normalized spacial score (nSPS) is 18.8. The van der Waals surface area contributed by atoms with Crippen LogP contribution in [0, 0.1) is 21.8 Å². The predicted molar refractivity (Wildman–Crippen MR) is 106 cm³/mol. The third kappa shape index (κ3) is 3.93. The molecule has 1 spiro atoms. The fraction of sp³-hybridized carbons (Fsp3) is 0.409. The Balaban J connectivity index is 1.43. The van der Waals surface area contributed by atoms with Crippen LogP contribution >= 0.6 is 0 Å². The highest BCUT2D eigenvalue weighted by molar-refractivity contribution is 5.70. The highest BCUT2D eigenvalue weighted by Crippen LogP contribution is 2.44. The summed E-state index contributed by atoms with van der Waals surface area (Å²) in [4.78, 5) is 24.2. The summed E-state index contributed by atoms with van der Waals surface area (Å²) in [6.45, 7) is 2.21. The van der Waals surface area contributed by atoms with E-state index in [0.29, 0.717) is 19.7 Å². The predicted octanol–water partition coefficient (Wildman–Crippen LogP) is 3.50. The molecular weight excluding hydrogens is 391 g/mol. The van der Waals surface area contributed by atoms with Crippen molar-refractivity contribution in [2.24, 2.45) is 5.92 Å². The van der Waals surface area contributed by atoms with Crippen molar-refractivity contribution in [3.63, 3.8) is 0 Å². The van der Waals surface area contributed by atoms with Gasteiger partial charge in [0.05, 0.1) is 23.0 Å². The number of hydrogen-bond donors (Lipinski definition) is 1. The van der Waals surface area contributed by atoms with Gasteiger partial charge in [-0.15, -0.1) is 0 Å². The number of ether oxygens (including phenoxy) is 1. The maximum atomic E-state index is 14.1. The van der Waals surface area contributed by atoms with E-state index in [1.807, 2.05) is 12.1 Å². The summed E-state index contributed by atoms with van der Waals surface area (Å²) in [7, 11) is 0. The molecule has 2 aromatic carbocycles. The fourth-order valence-electron chi connectivity index (χ4n) is 4.53. The second-order valence-corrected chi connectivity index (χ2v) is 8.01. The van der Waals surface area contributed by atoms with E-state index >= 15 is 0 Å². The SMILES string of the molecule is O=C(O)C(Cc1cc([N+](=O)[O-])ccc1F)CN1CCC2(CC1)OCc1ccccc12. The second-order valence-electron chi connectivity index (χ2n) is 8.01. The number of nitro groups is 1. The molecule has 2 heterocycles. The zero-order chi connectivity index (χ0) is 21.3. The zero-order valence-corrected chi connectivity index (χ0v) is 16.4. The Morgan fingerprint density at radius 2 is 2.00 bits per heavy atom. The second kappa shape index (κ2) is 8.12. The third-order valence-electron chi connectivity index (χ3n) is 6.21. The average Bonchev–Trinajstić information content (AvgIpc) is 3.09. The van der Waals surface area contributed by atoms with E-state index in [9.17, 15) is 24.4 Å². The Morgan fingerprint density at radius 1 is 1.27 bits per heavy atom. The minimum absolute atomic E-state index is 0.0538. The van der Waals surface area contributed by atoms with Gasteiger partial charge in [-0.05, 0) is 42.0 Å². The molecule has 0 amide bonds. The summed E-state index contributed by atoms with van der Waals surface area (Å²) in [5, 5.41) is 20.6. The Kier molecular flexibility index (Phi) is 5.53. The van der Waals surface area contributed by atoms with Crippen LogP contribution in [0.3, 0.4) is 0 Å². The zero-order valence-electron chi connectivity index (χ0n) is 16.4. The van der Waals surface area contributed by atoms with Crippen LogP contribution in [0.1, 0.15) is 29.5 Å². The molecule has 0 bridgehead atoms. The molecule has 2 aliphatic rings. The van der Waals surface area contributed by atoms with Gasteiger partial charge in [-0.3, -0.25) is 14.9 Å². The molecule has 30 heavy (non-hydrogen) atoms. The molecule has 1 saturated heterocycles. The number of hydrogen-bond acceptors (Lipinski definition) is 5. The molecule has 7 nitrogen and oxygen atoms in total. The van der Waals surface area contributed by atoms with Gasteiger partial charge in [0.25, 0.3) is 5.69 Å². The van der Waals surface area contributed by atoms with Gasteiger partial charge < -0.3 is 14.7 Å². The van der Waals surface area contributed by atoms with Crippen molar-refractivity contribution >= 4 is 11.7 Å². The van der Waals surface area contributed by atoms with Gasteiger partial charge in [-0.2, -0.15) is 0 Å². The molecule has 2 aromatic rings. The summed E-state index contributed by atoms with van der Waals surface area (Å²) in [5.41, 5.74) is 1.93. The van der Waals surface area contributed by atoms with Gasteiger partial charge >= 0.3 is 5.97 Å². The number of benzene rings is 2. The molecule has 0 radical (unpaired) electrons. The smallest absolute Gasteiger partial charge is 0.308 e. The number of halogens is 1. The van der Waals surface area contributed by atoms with Gasteiger partial charge in [0.2, 0.25) is 0 Å². The van der Waals surface area contributed by atoms with E-state index in [1.165, 1.54) is 11.1 Å². The number of carboxylic acids is 1. The van der Waals surface area contributed by atoms with Crippen molar-refractivity contribution < 1.29 is 24.0 Å². The molecule has 1 unspecified atom stereocenters. The molecule has 1 fully saturated rings. The van der Waals surface area contributed by atoms with Crippen LogP contribution < -0.4 is 0 Å². The monoisotopic (exact) mass is 414 g/mol. The number of piperidine rings is 1. The van der Waals surface area contributed by atoms with Crippen LogP contribution in [0.4, 0.5) is 10.1 Å². The van der Waals surface area contributed by atoms with Gasteiger partial charge in [0.15, 0.2) is 0 Å². The van der Waals surface area contributed by atoms with Crippen molar-refractivity contribution in [3.05, 3.63) is 75.1 Å². The van der Waals surface area contributed by atoms with Crippen LogP contribution in [0.15, 0.2) is 42.5 Å². The minimum Gasteiger partial charge on any atom is -0.481 e. The van der Waals surface area contributed by atoms with E-state index < -0.39 is 22.6 Å². The van der Waals surface area contributed by atoms with Crippen molar-refractivity contribution in [1.82, 2.24) is 4.90 Å². The number of rotatable bonds is 6. The first-order chi connectivity index (χ1) is 14.4. The first-order valence-corrected chi connectivity index (χ1v) is 9.98. The highest BCUT2D eigenvalue weighted by Gasteiger charge is 2.42. The first-order valence-electron chi connectivity index (χ1n) is 9.98. The molecule has 2 aliphatic heterocycles. The largest absolute Gasteiger partial charge is 0.481 e. The van der Waals surface area contributed by atoms with E-state index in [-0.39, 0.29) is 29.8 Å². The number of carbonyl (C=O) groups is 1. The fourth-order valence-corrected chi connectivity index (χ4v) is 4.53. The molecule has 4 rings (SSSR count). The van der Waals surface area contributed by atoms with Crippen LogP contribution in [0.5, 0.6) is 0 Å². The van der Waals surface area contributed by atoms with E-state index in [1.54, 1.807) is 0 Å². The number of nitro benzene ring substituents is 1. The van der Waals surface area contributed by atoms with Gasteiger partial charge in [-0.25, -0.2) is 4.39 Å². The lowest BCUT2D eigenvalue weighted by molar-refractivity contribution is -0.385. The lowest BCUT2D eigenvalue weighted by atomic mass is 9.83. The molecule has 158 valence electrons. The first kappa shape index (κ1) is 20.4. The Labute approximate surface area is 173 Å². The standard InChI is InChI=1S/C22H23FN2O5/c23-20-6-5-18(25(28)29)12-16(20)11-17(21(26)27)13-24-9-7-22(8-10-24)19-4-2-1-3-15(19)14-30-22/h1-6,12,17H,7-11,13-14H2,(H,26,27). The van der Waals surface area contributed by atoms with E-state index in [2.05, 4.69) is 17.0 Å². The third-order valence-corrected chi connectivity index (χ3v) is 6.21. The molecular formula is C22H23FN2O5. The quantitative estimate of drug-likeness (QED) is 0.575. The number of likely N-dealkylation sites (tertiary alicyclic amines) is 1.